The molecular formula is C9H18ClNO. The van der Waals surface area contributed by atoms with E-state index in [1.165, 1.54) is 0 Å². The van der Waals surface area contributed by atoms with Gasteiger partial charge in [0, 0.05) is 0 Å². The van der Waals surface area contributed by atoms with Crippen LogP contribution in [-0.2, 0) is 4.79 Å². The molecule has 0 aliphatic rings. The molecule has 0 rings (SSSR count). The Morgan fingerprint density at radius 1 is 1.33 bits per heavy atom. The first-order valence-electron chi connectivity index (χ1n) is 4.56. The third kappa shape index (κ3) is 4.07. The summed E-state index contributed by atoms with van der Waals surface area (Å²) >= 11 is 5.41. The summed E-state index contributed by atoms with van der Waals surface area (Å²) in [5.74, 6) is 0. The summed E-state index contributed by atoms with van der Waals surface area (Å²) in [5.41, 5.74) is 0. The largest absolute Gasteiger partial charge is 0.293 e. The average molecular weight is 192 g/mol. The van der Waals surface area contributed by atoms with Crippen molar-refractivity contribution >= 4 is 16.8 Å². The average Bonchev–Trinajstić information content (AvgIpc) is 2.03. The van der Waals surface area contributed by atoms with Crippen molar-refractivity contribution in [3.8, 4) is 0 Å². The van der Waals surface area contributed by atoms with Gasteiger partial charge in [-0.05, 0) is 44.5 Å². The van der Waals surface area contributed by atoms with Crippen molar-refractivity contribution in [2.24, 2.45) is 0 Å². The lowest BCUT2D eigenvalue weighted by Crippen LogP contribution is -2.38. The van der Waals surface area contributed by atoms with Crippen LogP contribution in [0.15, 0.2) is 0 Å². The molecule has 0 aromatic rings. The van der Waals surface area contributed by atoms with Crippen molar-refractivity contribution in [2.75, 3.05) is 13.1 Å². The van der Waals surface area contributed by atoms with Gasteiger partial charge in [-0.1, -0.05) is 13.8 Å². The highest BCUT2D eigenvalue weighted by atomic mass is 35.5. The van der Waals surface area contributed by atoms with Crippen molar-refractivity contribution in [3.63, 3.8) is 0 Å². The lowest BCUT2D eigenvalue weighted by atomic mass is 10.2. The maximum atomic E-state index is 10.9. The Kier molecular flexibility index (Phi) is 6.39. The number of rotatable bonds is 6. The molecule has 1 unspecified atom stereocenters. The van der Waals surface area contributed by atoms with E-state index in [2.05, 4.69) is 18.7 Å². The van der Waals surface area contributed by atoms with Gasteiger partial charge in [-0.2, -0.15) is 0 Å². The van der Waals surface area contributed by atoms with E-state index < -0.39 is 0 Å². The number of halogens is 1. The summed E-state index contributed by atoms with van der Waals surface area (Å²) in [6, 6.07) is -0.133. The fourth-order valence-electron chi connectivity index (χ4n) is 1.22. The van der Waals surface area contributed by atoms with Gasteiger partial charge in [-0.25, -0.2) is 0 Å². The van der Waals surface area contributed by atoms with E-state index in [0.29, 0.717) is 0 Å². The van der Waals surface area contributed by atoms with Crippen LogP contribution in [0.1, 0.15) is 33.6 Å². The SMILES string of the molecule is CCCN(CCC)C(C)C(=O)Cl. The molecule has 0 bridgehead atoms. The molecule has 0 heterocycles. The molecular weight excluding hydrogens is 174 g/mol. The lowest BCUT2D eigenvalue weighted by molar-refractivity contribution is -0.116. The van der Waals surface area contributed by atoms with Crippen molar-refractivity contribution in [3.05, 3.63) is 0 Å². The minimum atomic E-state index is -0.253. The van der Waals surface area contributed by atoms with Crippen LogP contribution in [0.4, 0.5) is 0 Å². The Hall–Kier alpha value is -0.0800. The maximum Gasteiger partial charge on any atom is 0.238 e. The Labute approximate surface area is 79.9 Å². The van der Waals surface area contributed by atoms with Crippen LogP contribution in [0.3, 0.4) is 0 Å². The minimum absolute atomic E-state index is 0.133. The predicted molar refractivity (Wildman–Crippen MR) is 52.5 cm³/mol. The van der Waals surface area contributed by atoms with Gasteiger partial charge < -0.3 is 0 Å². The van der Waals surface area contributed by atoms with E-state index in [0.717, 1.165) is 25.9 Å². The summed E-state index contributed by atoms with van der Waals surface area (Å²) in [4.78, 5) is 13.0. The Morgan fingerprint density at radius 2 is 1.75 bits per heavy atom. The summed E-state index contributed by atoms with van der Waals surface area (Å²) in [6.07, 6.45) is 2.13. The first-order chi connectivity index (χ1) is 5.63. The molecule has 0 amide bonds. The van der Waals surface area contributed by atoms with Crippen molar-refractivity contribution in [2.45, 2.75) is 39.7 Å². The normalized spacial score (nSPS) is 13.4. The molecule has 0 aliphatic carbocycles. The fourth-order valence-corrected chi connectivity index (χ4v) is 1.36. The van der Waals surface area contributed by atoms with Crippen LogP contribution < -0.4 is 0 Å². The lowest BCUT2D eigenvalue weighted by Gasteiger charge is -2.25. The van der Waals surface area contributed by atoms with E-state index >= 15 is 0 Å². The zero-order chi connectivity index (χ0) is 9.56. The van der Waals surface area contributed by atoms with Crippen LogP contribution in [-0.4, -0.2) is 29.3 Å². The molecule has 0 radical (unpaired) electrons. The zero-order valence-corrected chi connectivity index (χ0v) is 8.90. The van der Waals surface area contributed by atoms with Crippen LogP contribution >= 0.6 is 11.6 Å². The van der Waals surface area contributed by atoms with Gasteiger partial charge in [0.15, 0.2) is 0 Å². The third-order valence-electron chi connectivity index (χ3n) is 1.90. The van der Waals surface area contributed by atoms with Gasteiger partial charge in [-0.15, -0.1) is 0 Å². The maximum absolute atomic E-state index is 10.9. The molecule has 0 saturated heterocycles. The topological polar surface area (TPSA) is 20.3 Å². The molecule has 0 spiro atoms. The number of carbonyl (C=O) groups is 1. The minimum Gasteiger partial charge on any atom is -0.293 e. The van der Waals surface area contributed by atoms with E-state index in [1.807, 2.05) is 6.92 Å². The number of hydrogen-bond donors (Lipinski definition) is 0. The first-order valence-corrected chi connectivity index (χ1v) is 4.94. The first kappa shape index (κ1) is 11.9. The fraction of sp³-hybridized carbons (Fsp3) is 0.889. The van der Waals surface area contributed by atoms with Crippen molar-refractivity contribution in [1.29, 1.82) is 0 Å². The zero-order valence-electron chi connectivity index (χ0n) is 8.14. The Morgan fingerprint density at radius 3 is 2.00 bits per heavy atom. The third-order valence-corrected chi connectivity index (χ3v) is 2.21. The van der Waals surface area contributed by atoms with Crippen LogP contribution in [0.5, 0.6) is 0 Å². The van der Waals surface area contributed by atoms with Gasteiger partial charge >= 0.3 is 0 Å². The standard InChI is InChI=1S/C9H18ClNO/c1-4-6-11(7-5-2)8(3)9(10)12/h8H,4-7H2,1-3H3. The van der Waals surface area contributed by atoms with Crippen molar-refractivity contribution in [1.82, 2.24) is 4.90 Å². The second kappa shape index (κ2) is 6.44. The highest BCUT2D eigenvalue weighted by molar-refractivity contribution is 6.64. The van der Waals surface area contributed by atoms with Gasteiger partial charge in [0.25, 0.3) is 0 Å². The van der Waals surface area contributed by atoms with Crippen LogP contribution in [0.2, 0.25) is 0 Å². The summed E-state index contributed by atoms with van der Waals surface area (Å²) in [5, 5.41) is -0.253. The molecule has 0 N–H and O–H groups in total. The van der Waals surface area contributed by atoms with Crippen LogP contribution in [0.25, 0.3) is 0 Å². The van der Waals surface area contributed by atoms with E-state index in [9.17, 15) is 4.79 Å². The molecule has 0 aromatic heterocycles. The van der Waals surface area contributed by atoms with Gasteiger partial charge in [0.05, 0.1) is 6.04 Å². The highest BCUT2D eigenvalue weighted by Gasteiger charge is 2.17. The summed E-state index contributed by atoms with van der Waals surface area (Å²) in [7, 11) is 0. The Bertz CT molecular complexity index is 132. The number of hydrogen-bond acceptors (Lipinski definition) is 2. The van der Waals surface area contributed by atoms with Crippen LogP contribution in [0, 0.1) is 0 Å². The molecule has 0 aliphatic heterocycles. The second-order valence-electron chi connectivity index (χ2n) is 3.02. The number of nitrogens with zero attached hydrogens (tertiary/aromatic N) is 1. The van der Waals surface area contributed by atoms with Gasteiger partial charge in [0.1, 0.15) is 0 Å². The van der Waals surface area contributed by atoms with E-state index in [4.69, 9.17) is 11.6 Å². The molecule has 3 heteroatoms. The van der Waals surface area contributed by atoms with Gasteiger partial charge in [-0.3, -0.25) is 9.69 Å². The Balaban J connectivity index is 3.98. The summed E-state index contributed by atoms with van der Waals surface area (Å²) in [6.45, 7) is 7.98. The van der Waals surface area contributed by atoms with Gasteiger partial charge in [0.2, 0.25) is 5.24 Å². The highest BCUT2D eigenvalue weighted by Crippen LogP contribution is 2.04. The molecule has 12 heavy (non-hydrogen) atoms. The monoisotopic (exact) mass is 191 g/mol. The molecule has 0 saturated carbocycles. The van der Waals surface area contributed by atoms with E-state index in [-0.39, 0.29) is 11.3 Å². The molecule has 72 valence electrons. The molecule has 0 fully saturated rings. The van der Waals surface area contributed by atoms with Crippen molar-refractivity contribution < 1.29 is 4.79 Å². The molecule has 0 aromatic carbocycles. The quantitative estimate of drug-likeness (QED) is 0.601. The second-order valence-corrected chi connectivity index (χ2v) is 3.39. The summed E-state index contributed by atoms with van der Waals surface area (Å²) < 4.78 is 0. The van der Waals surface area contributed by atoms with E-state index in [1.54, 1.807) is 0 Å². The number of carbonyl (C=O) groups excluding carboxylic acids is 1. The molecule has 2 nitrogen and oxygen atoms in total. The smallest absolute Gasteiger partial charge is 0.238 e. The predicted octanol–water partition coefficient (Wildman–Crippen LogP) is 2.26. The molecule has 1 atom stereocenters.